The van der Waals surface area contributed by atoms with Crippen molar-refractivity contribution in [3.8, 4) is 0 Å². The van der Waals surface area contributed by atoms with Crippen molar-refractivity contribution in [2.75, 3.05) is 7.11 Å². The molecule has 0 spiro atoms. The monoisotopic (exact) mass is 290 g/mol. The average molecular weight is 290 g/mol. The van der Waals surface area contributed by atoms with Crippen LogP contribution < -0.4 is 0 Å². The molecular weight excluding hydrogens is 260 g/mol. The van der Waals surface area contributed by atoms with Gasteiger partial charge in [-0.05, 0) is 33.9 Å². The number of carbonyl (C=O) groups is 1. The fourth-order valence-corrected chi connectivity index (χ4v) is 2.64. The van der Waals surface area contributed by atoms with E-state index in [1.165, 1.54) is 12.7 Å². The van der Waals surface area contributed by atoms with Crippen molar-refractivity contribution in [3.63, 3.8) is 0 Å². The Labute approximate surface area is 129 Å². The predicted molar refractivity (Wildman–Crippen MR) is 89.2 cm³/mol. The lowest BCUT2D eigenvalue weighted by Gasteiger charge is -2.30. The van der Waals surface area contributed by atoms with Gasteiger partial charge in [-0.3, -0.25) is 0 Å². The second-order valence-electron chi connectivity index (χ2n) is 7.81. The molecule has 0 amide bonds. The minimum Gasteiger partial charge on any atom is -0.465 e. The van der Waals surface area contributed by atoms with Crippen molar-refractivity contribution in [1.29, 1.82) is 0 Å². The molecule has 2 heteroatoms. The summed E-state index contributed by atoms with van der Waals surface area (Å²) < 4.78 is 5.07. The first-order valence-corrected chi connectivity index (χ1v) is 7.78. The third-order valence-electron chi connectivity index (χ3n) is 3.74. The van der Waals surface area contributed by atoms with E-state index in [0.29, 0.717) is 0 Å². The highest BCUT2D eigenvalue weighted by Gasteiger charge is 2.30. The molecule has 0 aliphatic carbocycles. The molecule has 21 heavy (non-hydrogen) atoms. The Hall–Kier alpha value is -1.31. The summed E-state index contributed by atoms with van der Waals surface area (Å²) in [5.41, 5.74) is 4.05. The Balaban J connectivity index is 3.74. The first kappa shape index (κ1) is 17.7. The van der Waals surface area contributed by atoms with Gasteiger partial charge in [-0.2, -0.15) is 0 Å². The van der Waals surface area contributed by atoms with Crippen molar-refractivity contribution in [1.82, 2.24) is 0 Å². The van der Waals surface area contributed by atoms with Gasteiger partial charge >= 0.3 is 5.97 Å². The molecule has 2 nitrogen and oxygen atoms in total. The summed E-state index contributed by atoms with van der Waals surface area (Å²) in [6.45, 7) is 15.1. The molecular formula is C19H30O2. The Kier molecular flexibility index (Phi) is 5.25. The van der Waals surface area contributed by atoms with E-state index in [1.807, 2.05) is 0 Å². The average Bonchev–Trinajstić information content (AvgIpc) is 2.35. The molecule has 1 rings (SSSR count). The van der Waals surface area contributed by atoms with Gasteiger partial charge in [-0.1, -0.05) is 67.0 Å². The lowest BCUT2D eigenvalue weighted by Crippen LogP contribution is -2.25. The maximum atomic E-state index is 12.4. The Morgan fingerprint density at radius 3 is 1.71 bits per heavy atom. The molecule has 0 fully saturated rings. The molecule has 0 aromatic heterocycles. The molecule has 0 atom stereocenters. The van der Waals surface area contributed by atoms with Gasteiger partial charge in [0, 0.05) is 0 Å². The van der Waals surface area contributed by atoms with Crippen LogP contribution in [0.4, 0.5) is 0 Å². The largest absolute Gasteiger partial charge is 0.465 e. The Bertz CT molecular complexity index is 478. The number of benzene rings is 1. The van der Waals surface area contributed by atoms with Crippen molar-refractivity contribution in [2.45, 2.75) is 72.1 Å². The van der Waals surface area contributed by atoms with Crippen LogP contribution in [0.2, 0.25) is 0 Å². The number of hydrogen-bond donors (Lipinski definition) is 0. The van der Waals surface area contributed by atoms with Gasteiger partial charge in [0.05, 0.1) is 12.7 Å². The Morgan fingerprint density at radius 1 is 1.00 bits per heavy atom. The highest BCUT2D eigenvalue weighted by atomic mass is 16.5. The fourth-order valence-electron chi connectivity index (χ4n) is 2.64. The molecule has 0 N–H and O–H groups in total. The summed E-state index contributed by atoms with van der Waals surface area (Å²) in [7, 11) is 1.46. The fraction of sp³-hybridized carbons (Fsp3) is 0.632. The molecule has 0 unspecified atom stereocenters. The second-order valence-corrected chi connectivity index (χ2v) is 7.81. The maximum absolute atomic E-state index is 12.4. The quantitative estimate of drug-likeness (QED) is 0.731. The van der Waals surface area contributed by atoms with Gasteiger partial charge in [0.25, 0.3) is 0 Å². The lowest BCUT2D eigenvalue weighted by atomic mass is 9.75. The number of ether oxygens (including phenoxy) is 1. The van der Waals surface area contributed by atoms with Crippen molar-refractivity contribution >= 4 is 5.97 Å². The van der Waals surface area contributed by atoms with Crippen LogP contribution in [0.3, 0.4) is 0 Å². The summed E-state index contributed by atoms with van der Waals surface area (Å²) in [5, 5.41) is 0. The van der Waals surface area contributed by atoms with E-state index in [4.69, 9.17) is 4.74 Å². The third-order valence-corrected chi connectivity index (χ3v) is 3.74. The van der Waals surface area contributed by atoms with Crippen LogP contribution in [-0.4, -0.2) is 13.1 Å². The van der Waals surface area contributed by atoms with E-state index in [0.717, 1.165) is 29.5 Å². The molecule has 1 aromatic rings. The van der Waals surface area contributed by atoms with Crippen LogP contribution in [0.5, 0.6) is 0 Å². The summed E-state index contributed by atoms with van der Waals surface area (Å²) in [4.78, 5) is 12.4. The number of rotatable bonds is 3. The molecule has 0 radical (unpaired) electrons. The molecule has 0 aliphatic heterocycles. The van der Waals surface area contributed by atoms with Crippen LogP contribution in [0.25, 0.3) is 0 Å². The van der Waals surface area contributed by atoms with Crippen molar-refractivity contribution in [3.05, 3.63) is 34.4 Å². The van der Waals surface area contributed by atoms with E-state index >= 15 is 0 Å². The Morgan fingerprint density at radius 2 is 1.43 bits per heavy atom. The second kappa shape index (κ2) is 6.21. The minimum absolute atomic E-state index is 0.0900. The van der Waals surface area contributed by atoms with E-state index in [-0.39, 0.29) is 16.8 Å². The van der Waals surface area contributed by atoms with Gasteiger partial charge in [-0.25, -0.2) is 4.79 Å². The minimum atomic E-state index is -0.229. The highest BCUT2D eigenvalue weighted by molar-refractivity contribution is 5.93. The standard InChI is InChI=1S/C19H30O2/c1-9-10-13-11-14(18(2,3)4)16(17(20)21-8)15(12-13)19(5,6)7/h11-12H,9-10H2,1-8H3. The van der Waals surface area contributed by atoms with E-state index < -0.39 is 0 Å². The first-order chi connectivity index (χ1) is 9.52. The molecule has 0 saturated carbocycles. The van der Waals surface area contributed by atoms with Gasteiger partial charge in [0.1, 0.15) is 0 Å². The smallest absolute Gasteiger partial charge is 0.338 e. The third kappa shape index (κ3) is 4.09. The summed E-state index contributed by atoms with van der Waals surface area (Å²) >= 11 is 0. The van der Waals surface area contributed by atoms with Crippen molar-refractivity contribution in [2.24, 2.45) is 0 Å². The number of methoxy groups -OCH3 is 1. The van der Waals surface area contributed by atoms with Gasteiger partial charge in [0.2, 0.25) is 0 Å². The molecule has 0 heterocycles. The van der Waals surface area contributed by atoms with Gasteiger partial charge in [-0.15, -0.1) is 0 Å². The zero-order chi connectivity index (χ0) is 16.4. The van der Waals surface area contributed by atoms with E-state index in [1.54, 1.807) is 0 Å². The number of carbonyl (C=O) groups excluding carboxylic acids is 1. The van der Waals surface area contributed by atoms with Crippen LogP contribution in [0, 0.1) is 0 Å². The molecule has 0 saturated heterocycles. The van der Waals surface area contributed by atoms with Crippen LogP contribution in [0.1, 0.15) is 81.9 Å². The van der Waals surface area contributed by atoms with E-state index in [9.17, 15) is 4.79 Å². The lowest BCUT2D eigenvalue weighted by molar-refractivity contribution is 0.0595. The molecule has 1 aromatic carbocycles. The summed E-state index contributed by atoms with van der Waals surface area (Å²) in [5.74, 6) is -0.229. The number of esters is 1. The van der Waals surface area contributed by atoms with Gasteiger partial charge < -0.3 is 4.74 Å². The first-order valence-electron chi connectivity index (χ1n) is 7.78. The normalized spacial score (nSPS) is 12.4. The molecule has 0 aliphatic rings. The molecule has 0 bridgehead atoms. The zero-order valence-electron chi connectivity index (χ0n) is 14.9. The van der Waals surface area contributed by atoms with Crippen LogP contribution in [0.15, 0.2) is 12.1 Å². The van der Waals surface area contributed by atoms with Crippen molar-refractivity contribution < 1.29 is 9.53 Å². The number of hydrogen-bond acceptors (Lipinski definition) is 2. The van der Waals surface area contributed by atoms with Crippen LogP contribution in [-0.2, 0) is 22.0 Å². The maximum Gasteiger partial charge on any atom is 0.338 e. The topological polar surface area (TPSA) is 26.3 Å². The SMILES string of the molecule is CCCc1cc(C(C)(C)C)c(C(=O)OC)c(C(C)(C)C)c1. The zero-order valence-corrected chi connectivity index (χ0v) is 14.9. The highest BCUT2D eigenvalue weighted by Crippen LogP contribution is 2.36. The summed E-state index contributed by atoms with van der Waals surface area (Å²) in [6.07, 6.45) is 2.14. The van der Waals surface area contributed by atoms with Crippen LogP contribution >= 0.6 is 0 Å². The predicted octanol–water partition coefficient (Wildman–Crippen LogP) is 5.02. The number of aryl methyl sites for hydroxylation is 1. The summed E-state index contributed by atoms with van der Waals surface area (Å²) in [6, 6.07) is 4.37. The van der Waals surface area contributed by atoms with E-state index in [2.05, 4.69) is 60.6 Å². The molecule has 118 valence electrons. The van der Waals surface area contributed by atoms with Gasteiger partial charge in [0.15, 0.2) is 0 Å².